The average Bonchev–Trinajstić information content (AvgIpc) is 2.43. The molecule has 2 heteroatoms. The molecule has 0 aromatic carbocycles. The second-order valence-electron chi connectivity index (χ2n) is 5.04. The smallest absolute Gasteiger partial charge is 0.221 e. The number of rotatable bonds is 13. The molecule has 0 unspecified atom stereocenters. The highest BCUT2D eigenvalue weighted by Gasteiger charge is 1.95. The van der Waals surface area contributed by atoms with E-state index in [0.717, 1.165) is 19.3 Å². The van der Waals surface area contributed by atoms with Gasteiger partial charge in [-0.25, -0.2) is 0 Å². The fourth-order valence-corrected chi connectivity index (χ4v) is 1.99. The Balaban J connectivity index is 3.29. The summed E-state index contributed by atoms with van der Waals surface area (Å²) in [6.45, 7) is 2.21. The van der Waals surface area contributed by atoms with Gasteiger partial charge in [0.2, 0.25) is 5.24 Å². The van der Waals surface area contributed by atoms with E-state index < -0.39 is 0 Å². The van der Waals surface area contributed by atoms with E-state index >= 15 is 0 Å². The molecule has 0 bridgehead atoms. The Bertz CT molecular complexity index is 303. The standard InChI is InChI=1S/C18H29ClO/c1-2-3-4-5-6-7-8-9-10-11-12-13-14-15-16-17-18(19)20/h5-10H,2-4,11-17H2,1H3/b6-5+,8-7+,10-9-. The van der Waals surface area contributed by atoms with Crippen molar-refractivity contribution in [3.63, 3.8) is 0 Å². The van der Waals surface area contributed by atoms with Gasteiger partial charge in [0.05, 0.1) is 0 Å². The highest BCUT2D eigenvalue weighted by Crippen LogP contribution is 2.08. The summed E-state index contributed by atoms with van der Waals surface area (Å²) in [5.74, 6) is 0. The molecule has 1 nitrogen and oxygen atoms in total. The first kappa shape index (κ1) is 19.2. The van der Waals surface area contributed by atoms with Crippen LogP contribution in [0.1, 0.15) is 71.1 Å². The number of allylic oxidation sites excluding steroid dienone is 6. The second kappa shape index (κ2) is 16.2. The van der Waals surface area contributed by atoms with Crippen LogP contribution >= 0.6 is 11.6 Å². The lowest BCUT2D eigenvalue weighted by molar-refractivity contribution is -0.111. The Kier molecular flexibility index (Phi) is 15.6. The van der Waals surface area contributed by atoms with Crippen LogP contribution in [0.25, 0.3) is 0 Å². The third-order valence-corrected chi connectivity index (χ3v) is 3.26. The highest BCUT2D eigenvalue weighted by molar-refractivity contribution is 6.63. The van der Waals surface area contributed by atoms with Crippen LogP contribution in [0.5, 0.6) is 0 Å². The number of unbranched alkanes of at least 4 members (excludes halogenated alkanes) is 7. The monoisotopic (exact) mass is 296 g/mol. The van der Waals surface area contributed by atoms with Gasteiger partial charge in [-0.05, 0) is 37.3 Å². The van der Waals surface area contributed by atoms with Gasteiger partial charge in [-0.1, -0.05) is 75.5 Å². The van der Waals surface area contributed by atoms with E-state index in [0.29, 0.717) is 6.42 Å². The maximum atomic E-state index is 10.5. The van der Waals surface area contributed by atoms with Crippen LogP contribution in [-0.2, 0) is 4.79 Å². The van der Waals surface area contributed by atoms with Gasteiger partial charge in [-0.2, -0.15) is 0 Å². The van der Waals surface area contributed by atoms with Crippen LogP contribution < -0.4 is 0 Å². The third-order valence-electron chi connectivity index (χ3n) is 3.07. The predicted molar refractivity (Wildman–Crippen MR) is 90.1 cm³/mol. The SMILES string of the molecule is CCCC/C=C/C=C/C=C\CCCCCCCC(=O)Cl. The molecule has 0 fully saturated rings. The van der Waals surface area contributed by atoms with E-state index in [1.54, 1.807) is 0 Å². The molecule has 0 aliphatic heterocycles. The summed E-state index contributed by atoms with van der Waals surface area (Å²) in [5.41, 5.74) is 0. The van der Waals surface area contributed by atoms with Crippen LogP contribution in [-0.4, -0.2) is 5.24 Å². The lowest BCUT2D eigenvalue weighted by Crippen LogP contribution is -1.86. The molecule has 0 saturated heterocycles. The fraction of sp³-hybridized carbons (Fsp3) is 0.611. The molecule has 0 atom stereocenters. The number of halogens is 1. The molecule has 0 radical (unpaired) electrons. The molecule has 0 N–H and O–H groups in total. The number of hydrogen-bond acceptors (Lipinski definition) is 1. The van der Waals surface area contributed by atoms with Crippen molar-refractivity contribution in [3.8, 4) is 0 Å². The zero-order chi connectivity index (χ0) is 14.9. The van der Waals surface area contributed by atoms with Gasteiger partial charge >= 0.3 is 0 Å². The van der Waals surface area contributed by atoms with E-state index in [1.807, 2.05) is 0 Å². The van der Waals surface area contributed by atoms with Crippen LogP contribution in [0.15, 0.2) is 36.5 Å². The first-order valence-electron chi connectivity index (χ1n) is 7.94. The van der Waals surface area contributed by atoms with Crippen molar-refractivity contribution in [2.45, 2.75) is 71.1 Å². The predicted octanol–water partition coefficient (Wildman–Crippen LogP) is 6.34. The number of carbonyl (C=O) groups is 1. The molecule has 0 aliphatic carbocycles. The Hall–Kier alpha value is -0.820. The molecule has 0 amide bonds. The maximum Gasteiger partial charge on any atom is 0.221 e. The molecule has 0 heterocycles. The quantitative estimate of drug-likeness (QED) is 0.220. The van der Waals surface area contributed by atoms with Crippen LogP contribution in [0.3, 0.4) is 0 Å². The zero-order valence-electron chi connectivity index (χ0n) is 12.8. The summed E-state index contributed by atoms with van der Waals surface area (Å²) in [6.07, 6.45) is 24.0. The average molecular weight is 297 g/mol. The van der Waals surface area contributed by atoms with Crippen molar-refractivity contribution < 1.29 is 4.79 Å². The minimum Gasteiger partial charge on any atom is -0.281 e. The number of carbonyl (C=O) groups excluding carboxylic acids is 1. The van der Waals surface area contributed by atoms with Crippen molar-refractivity contribution in [3.05, 3.63) is 36.5 Å². The first-order valence-corrected chi connectivity index (χ1v) is 8.31. The summed E-state index contributed by atoms with van der Waals surface area (Å²) >= 11 is 5.28. The van der Waals surface area contributed by atoms with Crippen LogP contribution in [0.4, 0.5) is 0 Å². The summed E-state index contributed by atoms with van der Waals surface area (Å²) in [7, 11) is 0. The van der Waals surface area contributed by atoms with Gasteiger partial charge in [-0.15, -0.1) is 0 Å². The van der Waals surface area contributed by atoms with E-state index in [1.165, 1.54) is 38.5 Å². The molecule has 0 saturated carbocycles. The van der Waals surface area contributed by atoms with Gasteiger partial charge in [0, 0.05) is 6.42 Å². The van der Waals surface area contributed by atoms with Crippen molar-refractivity contribution in [1.29, 1.82) is 0 Å². The molecule has 0 spiro atoms. The van der Waals surface area contributed by atoms with Crippen molar-refractivity contribution in [2.75, 3.05) is 0 Å². The summed E-state index contributed by atoms with van der Waals surface area (Å²) in [5, 5.41) is -0.205. The maximum absolute atomic E-state index is 10.5. The van der Waals surface area contributed by atoms with Gasteiger partial charge in [0.15, 0.2) is 0 Å². The topological polar surface area (TPSA) is 17.1 Å². The minimum absolute atomic E-state index is 0.205. The Morgan fingerprint density at radius 1 is 0.800 bits per heavy atom. The Morgan fingerprint density at radius 3 is 1.95 bits per heavy atom. The van der Waals surface area contributed by atoms with Crippen molar-refractivity contribution >= 4 is 16.8 Å². The van der Waals surface area contributed by atoms with Crippen LogP contribution in [0, 0.1) is 0 Å². The summed E-state index contributed by atoms with van der Waals surface area (Å²) in [4.78, 5) is 10.5. The molecule has 20 heavy (non-hydrogen) atoms. The Labute approximate surface area is 129 Å². The molecule has 114 valence electrons. The molecule has 0 rings (SSSR count). The largest absolute Gasteiger partial charge is 0.281 e. The normalized spacial score (nSPS) is 12.1. The molecule has 0 aliphatic rings. The van der Waals surface area contributed by atoms with E-state index in [-0.39, 0.29) is 5.24 Å². The molecular weight excluding hydrogens is 268 g/mol. The number of hydrogen-bond donors (Lipinski definition) is 0. The molecular formula is C18H29ClO. The fourth-order valence-electron chi connectivity index (χ4n) is 1.86. The third kappa shape index (κ3) is 17.2. The highest BCUT2D eigenvalue weighted by atomic mass is 35.5. The van der Waals surface area contributed by atoms with E-state index in [4.69, 9.17) is 11.6 Å². The van der Waals surface area contributed by atoms with Crippen molar-refractivity contribution in [1.82, 2.24) is 0 Å². The van der Waals surface area contributed by atoms with Gasteiger partial charge < -0.3 is 0 Å². The van der Waals surface area contributed by atoms with Gasteiger partial charge in [0.25, 0.3) is 0 Å². The first-order chi connectivity index (χ1) is 9.77. The second-order valence-corrected chi connectivity index (χ2v) is 5.47. The summed E-state index contributed by atoms with van der Waals surface area (Å²) < 4.78 is 0. The molecule has 0 aromatic rings. The lowest BCUT2D eigenvalue weighted by atomic mass is 10.1. The summed E-state index contributed by atoms with van der Waals surface area (Å²) in [6, 6.07) is 0. The van der Waals surface area contributed by atoms with Gasteiger partial charge in [-0.3, -0.25) is 4.79 Å². The van der Waals surface area contributed by atoms with Crippen LogP contribution in [0.2, 0.25) is 0 Å². The van der Waals surface area contributed by atoms with E-state index in [2.05, 4.69) is 43.4 Å². The van der Waals surface area contributed by atoms with Crippen molar-refractivity contribution in [2.24, 2.45) is 0 Å². The zero-order valence-corrected chi connectivity index (χ0v) is 13.6. The minimum atomic E-state index is -0.205. The molecule has 0 aromatic heterocycles. The van der Waals surface area contributed by atoms with Gasteiger partial charge in [0.1, 0.15) is 0 Å². The Morgan fingerprint density at radius 2 is 1.35 bits per heavy atom. The lowest BCUT2D eigenvalue weighted by Gasteiger charge is -1.97. The van der Waals surface area contributed by atoms with E-state index in [9.17, 15) is 4.79 Å².